The van der Waals surface area contributed by atoms with Gasteiger partial charge in [-0.25, -0.2) is 4.79 Å². The van der Waals surface area contributed by atoms with Crippen LogP contribution in [-0.2, 0) is 20.9 Å². The van der Waals surface area contributed by atoms with Crippen molar-refractivity contribution in [2.24, 2.45) is 0 Å². The van der Waals surface area contributed by atoms with Crippen molar-refractivity contribution in [1.82, 2.24) is 20.8 Å². The lowest BCUT2D eigenvalue weighted by Crippen LogP contribution is -2.48. The van der Waals surface area contributed by atoms with Crippen LogP contribution in [0.5, 0.6) is 0 Å². The van der Waals surface area contributed by atoms with Crippen LogP contribution in [0.1, 0.15) is 34.7 Å². The van der Waals surface area contributed by atoms with Crippen LogP contribution in [0.25, 0.3) is 11.1 Å². The van der Waals surface area contributed by atoms with E-state index >= 15 is 0 Å². The standard InChI is InChI=1S/C24H24N4O5/c1-14-15(12-26-28-14)11-25-23(31)21(10-22(29)30)27-24(32)33-13-20-18-8-4-2-6-16(18)17-7-3-5-9-19(17)20/h2-9,12,20-21H,10-11,13H2,1H3,(H,25,31)(H,26,28)(H,27,32)(H,29,30). The Morgan fingerprint density at radius 2 is 1.73 bits per heavy atom. The molecule has 33 heavy (non-hydrogen) atoms. The van der Waals surface area contributed by atoms with E-state index in [0.717, 1.165) is 33.5 Å². The third-order valence-corrected chi connectivity index (χ3v) is 5.72. The fourth-order valence-electron chi connectivity index (χ4n) is 4.03. The molecule has 9 nitrogen and oxygen atoms in total. The summed E-state index contributed by atoms with van der Waals surface area (Å²) >= 11 is 0. The number of ether oxygens (including phenoxy) is 1. The molecule has 0 saturated carbocycles. The van der Waals surface area contributed by atoms with Crippen molar-refractivity contribution in [2.45, 2.75) is 31.8 Å². The van der Waals surface area contributed by atoms with E-state index in [2.05, 4.69) is 20.8 Å². The highest BCUT2D eigenvalue weighted by atomic mass is 16.5. The van der Waals surface area contributed by atoms with E-state index in [1.165, 1.54) is 0 Å². The van der Waals surface area contributed by atoms with Crippen molar-refractivity contribution in [1.29, 1.82) is 0 Å². The molecular formula is C24H24N4O5. The third kappa shape index (κ3) is 4.87. The Kier molecular flexibility index (Phi) is 6.39. The van der Waals surface area contributed by atoms with Crippen molar-refractivity contribution >= 4 is 18.0 Å². The number of carbonyl (C=O) groups is 3. The fourth-order valence-corrected chi connectivity index (χ4v) is 4.03. The van der Waals surface area contributed by atoms with Crippen molar-refractivity contribution in [3.63, 3.8) is 0 Å². The predicted octanol–water partition coefficient (Wildman–Crippen LogP) is 2.72. The Bertz CT molecular complexity index is 1140. The van der Waals surface area contributed by atoms with Crippen LogP contribution in [0.3, 0.4) is 0 Å². The van der Waals surface area contributed by atoms with Gasteiger partial charge < -0.3 is 20.5 Å². The molecule has 0 radical (unpaired) electrons. The van der Waals surface area contributed by atoms with Crippen molar-refractivity contribution in [3.8, 4) is 11.1 Å². The molecule has 0 fully saturated rings. The molecule has 0 saturated heterocycles. The Balaban J connectivity index is 1.39. The smallest absolute Gasteiger partial charge is 0.407 e. The number of amides is 2. The maximum absolute atomic E-state index is 12.5. The second-order valence-electron chi connectivity index (χ2n) is 7.86. The number of aliphatic carboxylic acids is 1. The molecule has 2 aromatic carbocycles. The van der Waals surface area contributed by atoms with E-state index in [1.807, 2.05) is 48.5 Å². The van der Waals surface area contributed by atoms with Crippen molar-refractivity contribution < 1.29 is 24.2 Å². The van der Waals surface area contributed by atoms with Gasteiger partial charge in [-0.3, -0.25) is 14.7 Å². The summed E-state index contributed by atoms with van der Waals surface area (Å²) in [5.74, 6) is -1.97. The molecule has 4 rings (SSSR count). The zero-order chi connectivity index (χ0) is 23.4. The number of carboxylic acids is 1. The van der Waals surface area contributed by atoms with Crippen molar-refractivity contribution in [2.75, 3.05) is 6.61 Å². The first-order chi connectivity index (χ1) is 15.9. The Morgan fingerprint density at radius 3 is 2.30 bits per heavy atom. The van der Waals surface area contributed by atoms with Gasteiger partial charge in [0.15, 0.2) is 0 Å². The summed E-state index contributed by atoms with van der Waals surface area (Å²) < 4.78 is 5.43. The molecule has 1 aliphatic rings. The topological polar surface area (TPSA) is 133 Å². The minimum Gasteiger partial charge on any atom is -0.481 e. The van der Waals surface area contributed by atoms with E-state index in [1.54, 1.807) is 13.1 Å². The minimum absolute atomic E-state index is 0.0650. The number of aryl methyl sites for hydroxylation is 1. The van der Waals surface area contributed by atoms with Crippen LogP contribution in [0, 0.1) is 6.92 Å². The number of fused-ring (bicyclic) bond motifs is 3. The van der Waals surface area contributed by atoms with Crippen LogP contribution in [0.4, 0.5) is 4.79 Å². The van der Waals surface area contributed by atoms with Gasteiger partial charge in [-0.1, -0.05) is 48.5 Å². The van der Waals surface area contributed by atoms with Crippen molar-refractivity contribution in [3.05, 3.63) is 77.1 Å². The first kappa shape index (κ1) is 22.1. The molecule has 9 heteroatoms. The van der Waals surface area contributed by atoms with Crippen LogP contribution in [-0.4, -0.2) is 45.9 Å². The number of nitrogens with zero attached hydrogens (tertiary/aromatic N) is 1. The number of rotatable bonds is 8. The number of carboxylic acid groups (broad SMARTS) is 1. The quantitative estimate of drug-likeness (QED) is 0.419. The van der Waals surface area contributed by atoms with Gasteiger partial charge in [0.05, 0.1) is 12.6 Å². The molecule has 1 atom stereocenters. The van der Waals surface area contributed by atoms with Gasteiger partial charge >= 0.3 is 12.1 Å². The first-order valence-corrected chi connectivity index (χ1v) is 10.5. The molecule has 1 aromatic heterocycles. The number of alkyl carbamates (subject to hydrolysis) is 1. The summed E-state index contributed by atoms with van der Waals surface area (Å²) in [4.78, 5) is 36.3. The highest BCUT2D eigenvalue weighted by Gasteiger charge is 2.30. The summed E-state index contributed by atoms with van der Waals surface area (Å²) in [5.41, 5.74) is 5.86. The van der Waals surface area contributed by atoms with Crippen LogP contribution < -0.4 is 10.6 Å². The largest absolute Gasteiger partial charge is 0.481 e. The highest BCUT2D eigenvalue weighted by molar-refractivity contribution is 5.89. The van der Waals surface area contributed by atoms with Gasteiger partial charge in [0.25, 0.3) is 0 Å². The number of hydrogen-bond donors (Lipinski definition) is 4. The number of nitrogens with one attached hydrogen (secondary N) is 3. The van der Waals surface area contributed by atoms with E-state index in [9.17, 15) is 19.5 Å². The molecule has 2 amide bonds. The monoisotopic (exact) mass is 448 g/mol. The fraction of sp³-hybridized carbons (Fsp3) is 0.250. The molecule has 1 heterocycles. The first-order valence-electron chi connectivity index (χ1n) is 10.5. The van der Waals surface area contributed by atoms with Gasteiger partial charge in [-0.05, 0) is 29.2 Å². The second-order valence-corrected chi connectivity index (χ2v) is 7.86. The normalized spacial score (nSPS) is 13.0. The molecule has 0 aliphatic heterocycles. The Labute approximate surface area is 190 Å². The second kappa shape index (κ2) is 9.56. The summed E-state index contributed by atoms with van der Waals surface area (Å²) in [7, 11) is 0. The van der Waals surface area contributed by atoms with E-state index < -0.39 is 30.4 Å². The molecular weight excluding hydrogens is 424 g/mol. The van der Waals surface area contributed by atoms with Gasteiger partial charge in [0.1, 0.15) is 12.6 Å². The number of aromatic amines is 1. The highest BCUT2D eigenvalue weighted by Crippen LogP contribution is 2.44. The molecule has 3 aromatic rings. The lowest BCUT2D eigenvalue weighted by Gasteiger charge is -2.18. The lowest BCUT2D eigenvalue weighted by atomic mass is 9.98. The van der Waals surface area contributed by atoms with Crippen LogP contribution in [0.15, 0.2) is 54.7 Å². The van der Waals surface area contributed by atoms with Gasteiger partial charge in [-0.2, -0.15) is 5.10 Å². The SMILES string of the molecule is Cc1[nH]ncc1CNC(=O)C(CC(=O)O)NC(=O)OCC1c2ccccc2-c2ccccc21. The molecule has 4 N–H and O–H groups in total. The molecule has 0 bridgehead atoms. The van der Waals surface area contributed by atoms with E-state index in [0.29, 0.717) is 0 Å². The summed E-state index contributed by atoms with van der Waals surface area (Å²) in [6.07, 6.45) is 0.152. The zero-order valence-corrected chi connectivity index (χ0v) is 18.0. The maximum atomic E-state index is 12.5. The zero-order valence-electron chi connectivity index (χ0n) is 18.0. The average molecular weight is 448 g/mol. The maximum Gasteiger partial charge on any atom is 0.407 e. The Hall–Kier alpha value is -4.14. The lowest BCUT2D eigenvalue weighted by molar-refractivity contribution is -0.139. The summed E-state index contributed by atoms with van der Waals surface area (Å²) in [5, 5.41) is 20.8. The molecule has 0 spiro atoms. The predicted molar refractivity (Wildman–Crippen MR) is 119 cm³/mol. The third-order valence-electron chi connectivity index (χ3n) is 5.72. The number of aromatic nitrogens is 2. The van der Waals surface area contributed by atoms with E-state index in [4.69, 9.17) is 4.74 Å². The molecule has 170 valence electrons. The summed E-state index contributed by atoms with van der Waals surface area (Å²) in [6, 6.07) is 14.6. The molecule has 1 aliphatic carbocycles. The van der Waals surface area contributed by atoms with Crippen LogP contribution >= 0.6 is 0 Å². The van der Waals surface area contributed by atoms with Gasteiger partial charge in [0.2, 0.25) is 5.91 Å². The van der Waals surface area contributed by atoms with Gasteiger partial charge in [-0.15, -0.1) is 0 Å². The minimum atomic E-state index is -1.27. The number of benzene rings is 2. The number of carbonyl (C=O) groups excluding carboxylic acids is 2. The van der Waals surface area contributed by atoms with Crippen LogP contribution in [0.2, 0.25) is 0 Å². The van der Waals surface area contributed by atoms with Gasteiger partial charge in [0, 0.05) is 23.7 Å². The number of H-pyrrole nitrogens is 1. The summed E-state index contributed by atoms with van der Waals surface area (Å²) in [6.45, 7) is 2.03. The average Bonchev–Trinajstić information content (AvgIpc) is 3.36. The van der Waals surface area contributed by atoms with E-state index in [-0.39, 0.29) is 19.1 Å². The Morgan fingerprint density at radius 1 is 1.09 bits per heavy atom. The number of hydrogen-bond acceptors (Lipinski definition) is 5. The molecule has 1 unspecified atom stereocenters.